The molecule has 0 bridgehead atoms. The van der Waals surface area contributed by atoms with E-state index < -0.39 is 11.7 Å². The maximum Gasteiger partial charge on any atom is 0.412 e. The molecule has 0 saturated carbocycles. The molecule has 0 aliphatic rings. The van der Waals surface area contributed by atoms with Gasteiger partial charge in [0.15, 0.2) is 0 Å². The summed E-state index contributed by atoms with van der Waals surface area (Å²) in [5.74, 6) is -0.372. The molecule has 0 atom stereocenters. The Labute approximate surface area is 133 Å². The lowest BCUT2D eigenvalue weighted by atomic mass is 10.2. The fraction of sp³-hybridized carbons (Fsp3) is 0.312. The number of rotatable bonds is 4. The number of hydrogen-bond donors (Lipinski definition) is 2. The van der Waals surface area contributed by atoms with Crippen molar-refractivity contribution >= 4 is 28.8 Å². The monoisotopic (exact) mass is 322 g/mol. The van der Waals surface area contributed by atoms with Gasteiger partial charge in [0.1, 0.15) is 11.4 Å². The molecule has 4 nitrogen and oxygen atoms in total. The maximum atomic E-state index is 13.4. The number of nitrogens with one attached hydrogen (secondary N) is 2. The van der Waals surface area contributed by atoms with Gasteiger partial charge in [-0.25, -0.2) is 9.18 Å². The second-order valence-electron chi connectivity index (χ2n) is 5.75. The van der Waals surface area contributed by atoms with Gasteiger partial charge in [0.25, 0.3) is 0 Å². The Morgan fingerprint density at radius 2 is 2.05 bits per heavy atom. The van der Waals surface area contributed by atoms with Crippen LogP contribution in [0.15, 0.2) is 35.7 Å². The molecule has 0 aliphatic carbocycles. The van der Waals surface area contributed by atoms with Crippen LogP contribution >= 0.6 is 11.3 Å². The third-order valence-electron chi connectivity index (χ3n) is 2.65. The van der Waals surface area contributed by atoms with E-state index in [0.29, 0.717) is 17.9 Å². The minimum absolute atomic E-state index is 0.372. The molecule has 1 aromatic carbocycles. The zero-order valence-electron chi connectivity index (χ0n) is 12.8. The molecule has 0 unspecified atom stereocenters. The van der Waals surface area contributed by atoms with Crippen molar-refractivity contribution in [1.82, 2.24) is 0 Å². The van der Waals surface area contributed by atoms with E-state index in [0.717, 1.165) is 4.88 Å². The van der Waals surface area contributed by atoms with Gasteiger partial charge in [-0.3, -0.25) is 5.32 Å². The summed E-state index contributed by atoms with van der Waals surface area (Å²) >= 11 is 1.61. The second kappa shape index (κ2) is 6.79. The summed E-state index contributed by atoms with van der Waals surface area (Å²) in [5.41, 5.74) is 0.403. The van der Waals surface area contributed by atoms with Crippen LogP contribution in [0.2, 0.25) is 0 Å². The number of ether oxygens (including phenoxy) is 1. The van der Waals surface area contributed by atoms with E-state index in [2.05, 4.69) is 10.6 Å². The van der Waals surface area contributed by atoms with Crippen LogP contribution in [0.4, 0.5) is 20.6 Å². The van der Waals surface area contributed by atoms with Crippen molar-refractivity contribution in [3.8, 4) is 0 Å². The molecule has 0 fully saturated rings. The Kier molecular flexibility index (Phi) is 5.03. The predicted octanol–water partition coefficient (Wildman–Crippen LogP) is 4.85. The molecule has 0 radical (unpaired) electrons. The molecule has 0 aliphatic heterocycles. The smallest absolute Gasteiger partial charge is 0.412 e. The first-order chi connectivity index (χ1) is 10.3. The molecule has 2 rings (SSSR count). The number of thiophene rings is 1. The molecule has 118 valence electrons. The van der Waals surface area contributed by atoms with Crippen LogP contribution in [-0.4, -0.2) is 11.7 Å². The number of hydrogen-bond acceptors (Lipinski definition) is 4. The first kappa shape index (κ1) is 16.3. The molecule has 1 aromatic heterocycles. The standard InChI is InChI=1S/C16H19FN2O2S/c1-16(2,3)21-15(20)19-13-7-6-11(17)9-14(13)18-10-12-5-4-8-22-12/h4-9,18H,10H2,1-3H3,(H,19,20). The Hall–Kier alpha value is -2.08. The average Bonchev–Trinajstić information content (AvgIpc) is 2.90. The van der Waals surface area contributed by atoms with Crippen molar-refractivity contribution in [3.05, 3.63) is 46.4 Å². The molecule has 2 aromatic rings. The third-order valence-corrected chi connectivity index (χ3v) is 3.53. The average molecular weight is 322 g/mol. The summed E-state index contributed by atoms with van der Waals surface area (Å²) < 4.78 is 18.6. The molecule has 1 amide bonds. The summed E-state index contributed by atoms with van der Waals surface area (Å²) in [6.07, 6.45) is -0.571. The highest BCUT2D eigenvalue weighted by Crippen LogP contribution is 2.25. The maximum absolute atomic E-state index is 13.4. The van der Waals surface area contributed by atoms with Crippen molar-refractivity contribution in [1.29, 1.82) is 0 Å². The molecule has 6 heteroatoms. The molecule has 22 heavy (non-hydrogen) atoms. The van der Waals surface area contributed by atoms with E-state index in [1.54, 1.807) is 32.1 Å². The quantitative estimate of drug-likeness (QED) is 0.846. The van der Waals surface area contributed by atoms with Gasteiger partial charge in [-0.15, -0.1) is 11.3 Å². The number of amides is 1. The highest BCUT2D eigenvalue weighted by atomic mass is 32.1. The van der Waals surface area contributed by atoms with Crippen LogP contribution < -0.4 is 10.6 Å². The topological polar surface area (TPSA) is 50.4 Å². The van der Waals surface area contributed by atoms with Gasteiger partial charge < -0.3 is 10.1 Å². The van der Waals surface area contributed by atoms with Crippen molar-refractivity contribution in [2.45, 2.75) is 32.9 Å². The summed E-state index contributed by atoms with van der Waals surface area (Å²) in [4.78, 5) is 13.0. The lowest BCUT2D eigenvalue weighted by molar-refractivity contribution is 0.0636. The van der Waals surface area contributed by atoms with Gasteiger partial charge in [0, 0.05) is 11.4 Å². The first-order valence-electron chi connectivity index (χ1n) is 6.89. The number of carbonyl (C=O) groups excluding carboxylic acids is 1. The summed E-state index contributed by atoms with van der Waals surface area (Å²) in [7, 11) is 0. The first-order valence-corrected chi connectivity index (χ1v) is 7.77. The SMILES string of the molecule is CC(C)(C)OC(=O)Nc1ccc(F)cc1NCc1cccs1. The van der Waals surface area contributed by atoms with Gasteiger partial charge in [-0.05, 0) is 50.4 Å². The van der Waals surface area contributed by atoms with E-state index in [9.17, 15) is 9.18 Å². The van der Waals surface area contributed by atoms with Crippen molar-refractivity contribution < 1.29 is 13.9 Å². The lowest BCUT2D eigenvalue weighted by Crippen LogP contribution is -2.27. The Morgan fingerprint density at radius 1 is 1.27 bits per heavy atom. The van der Waals surface area contributed by atoms with E-state index in [4.69, 9.17) is 4.74 Å². The number of benzene rings is 1. The van der Waals surface area contributed by atoms with Gasteiger partial charge in [-0.1, -0.05) is 6.07 Å². The third kappa shape index (κ3) is 5.04. The Morgan fingerprint density at radius 3 is 2.68 bits per heavy atom. The van der Waals surface area contributed by atoms with Gasteiger partial charge in [0.2, 0.25) is 0 Å². The molecular weight excluding hydrogens is 303 g/mol. The van der Waals surface area contributed by atoms with Crippen LogP contribution in [0.3, 0.4) is 0 Å². The summed E-state index contributed by atoms with van der Waals surface area (Å²) in [6, 6.07) is 8.09. The van der Waals surface area contributed by atoms with Crippen LogP contribution in [0.5, 0.6) is 0 Å². The van der Waals surface area contributed by atoms with Crippen LogP contribution in [0, 0.1) is 5.82 Å². The van der Waals surface area contributed by atoms with Gasteiger partial charge >= 0.3 is 6.09 Å². The van der Waals surface area contributed by atoms with E-state index in [1.807, 2.05) is 17.5 Å². The fourth-order valence-corrected chi connectivity index (χ4v) is 2.43. The molecule has 2 N–H and O–H groups in total. The van der Waals surface area contributed by atoms with Crippen LogP contribution in [0.25, 0.3) is 0 Å². The zero-order chi connectivity index (χ0) is 16.2. The number of anilines is 2. The summed E-state index contributed by atoms with van der Waals surface area (Å²) in [5, 5.41) is 7.74. The van der Waals surface area contributed by atoms with E-state index in [1.165, 1.54) is 18.2 Å². The largest absolute Gasteiger partial charge is 0.444 e. The van der Waals surface area contributed by atoms with Crippen molar-refractivity contribution in [2.24, 2.45) is 0 Å². The van der Waals surface area contributed by atoms with Crippen LogP contribution in [0.1, 0.15) is 25.6 Å². The molecule has 0 saturated heterocycles. The normalized spacial score (nSPS) is 11.1. The lowest BCUT2D eigenvalue weighted by Gasteiger charge is -2.20. The number of halogens is 1. The van der Waals surface area contributed by atoms with E-state index >= 15 is 0 Å². The van der Waals surface area contributed by atoms with Crippen molar-refractivity contribution in [3.63, 3.8) is 0 Å². The Balaban J connectivity index is 2.08. The van der Waals surface area contributed by atoms with E-state index in [-0.39, 0.29) is 5.82 Å². The fourth-order valence-electron chi connectivity index (χ4n) is 1.78. The highest BCUT2D eigenvalue weighted by molar-refractivity contribution is 7.09. The molecule has 0 spiro atoms. The van der Waals surface area contributed by atoms with Crippen LogP contribution in [-0.2, 0) is 11.3 Å². The highest BCUT2D eigenvalue weighted by Gasteiger charge is 2.17. The van der Waals surface area contributed by atoms with Gasteiger partial charge in [0.05, 0.1) is 11.4 Å². The predicted molar refractivity (Wildman–Crippen MR) is 87.9 cm³/mol. The minimum atomic E-state index is -0.589. The second-order valence-corrected chi connectivity index (χ2v) is 6.78. The zero-order valence-corrected chi connectivity index (χ0v) is 13.6. The van der Waals surface area contributed by atoms with Crippen molar-refractivity contribution in [2.75, 3.05) is 10.6 Å². The number of carbonyl (C=O) groups is 1. The molecular formula is C16H19FN2O2S. The van der Waals surface area contributed by atoms with Gasteiger partial charge in [-0.2, -0.15) is 0 Å². The summed E-state index contributed by atoms with van der Waals surface area (Å²) in [6.45, 7) is 5.91. The Bertz CT molecular complexity index is 636. The minimum Gasteiger partial charge on any atom is -0.444 e. The molecule has 1 heterocycles.